The SMILES string of the molecule is FC(F)C(F)(F)C(F)(F)Cc1ccc2ccccc2c1CC(F)(F)C(F)(F)C(F)F. The fraction of sp³-hybridized carbons (Fsp3) is 0.444. The van der Waals surface area contributed by atoms with Gasteiger partial charge < -0.3 is 0 Å². The molecule has 0 aliphatic rings. The molecule has 0 saturated heterocycles. The average Bonchev–Trinajstić information content (AvgIpc) is 2.62. The molecule has 0 spiro atoms. The van der Waals surface area contributed by atoms with Crippen molar-refractivity contribution >= 4 is 10.8 Å². The summed E-state index contributed by atoms with van der Waals surface area (Å²) in [5, 5.41) is -0.354. The number of rotatable bonds is 8. The zero-order valence-corrected chi connectivity index (χ0v) is 14.6. The lowest BCUT2D eigenvalue weighted by Gasteiger charge is -2.29. The summed E-state index contributed by atoms with van der Waals surface area (Å²) in [6, 6.07) is 6.34. The van der Waals surface area contributed by atoms with Crippen molar-refractivity contribution in [2.24, 2.45) is 0 Å². The second-order valence-electron chi connectivity index (χ2n) is 6.53. The number of fused-ring (bicyclic) bond motifs is 1. The topological polar surface area (TPSA) is 0 Å². The Bertz CT molecular complexity index is 888. The highest BCUT2D eigenvalue weighted by molar-refractivity contribution is 5.87. The highest BCUT2D eigenvalue weighted by Gasteiger charge is 2.64. The molecule has 0 unspecified atom stereocenters. The van der Waals surface area contributed by atoms with Crippen molar-refractivity contribution in [2.75, 3.05) is 0 Å². The Hall–Kier alpha value is -2.14. The number of halogens is 12. The van der Waals surface area contributed by atoms with E-state index in [1.807, 2.05) is 0 Å². The Balaban J connectivity index is 2.63. The van der Waals surface area contributed by atoms with E-state index in [0.717, 1.165) is 12.1 Å². The number of benzene rings is 2. The van der Waals surface area contributed by atoms with Gasteiger partial charge in [-0.15, -0.1) is 0 Å². The predicted octanol–water partition coefficient (Wildman–Crippen LogP) is 7.00. The molecule has 0 aliphatic carbocycles. The van der Waals surface area contributed by atoms with Gasteiger partial charge in [-0.25, -0.2) is 17.6 Å². The van der Waals surface area contributed by atoms with Crippen LogP contribution in [0, 0.1) is 0 Å². The molecule has 2 rings (SSSR count). The maximum Gasteiger partial charge on any atom is 0.369 e. The summed E-state index contributed by atoms with van der Waals surface area (Å²) in [5.41, 5.74) is -2.13. The second-order valence-corrected chi connectivity index (χ2v) is 6.53. The highest BCUT2D eigenvalue weighted by Crippen LogP contribution is 2.45. The summed E-state index contributed by atoms with van der Waals surface area (Å²) in [6.45, 7) is 0. The first-order valence-electron chi connectivity index (χ1n) is 8.11. The largest absolute Gasteiger partial charge is 0.369 e. The van der Waals surface area contributed by atoms with Gasteiger partial charge in [0.25, 0.3) is 0 Å². The molecule has 0 amide bonds. The zero-order chi connectivity index (χ0) is 23.1. The summed E-state index contributed by atoms with van der Waals surface area (Å²) >= 11 is 0. The van der Waals surface area contributed by atoms with Gasteiger partial charge in [0.15, 0.2) is 0 Å². The number of hydrogen-bond donors (Lipinski definition) is 0. The van der Waals surface area contributed by atoms with Gasteiger partial charge >= 0.3 is 36.5 Å². The van der Waals surface area contributed by atoms with Gasteiger partial charge in [-0.3, -0.25) is 0 Å². The van der Waals surface area contributed by atoms with Crippen LogP contribution in [0.4, 0.5) is 52.7 Å². The Morgan fingerprint density at radius 2 is 1.07 bits per heavy atom. The standard InChI is InChI=1S/C18H12F12/c19-13(20)17(27,28)15(23,24)7-10-6-5-9-3-1-2-4-11(9)12(10)8-16(25,26)18(29,30)14(21)22/h1-6,13-14H,7-8H2. The van der Waals surface area contributed by atoms with Gasteiger partial charge in [0.2, 0.25) is 0 Å². The van der Waals surface area contributed by atoms with Crippen LogP contribution < -0.4 is 0 Å². The molecule has 0 nitrogen and oxygen atoms in total. The van der Waals surface area contributed by atoms with Crippen molar-refractivity contribution < 1.29 is 52.7 Å². The second kappa shape index (κ2) is 7.84. The molecule has 168 valence electrons. The van der Waals surface area contributed by atoms with Gasteiger partial charge in [-0.05, 0) is 21.9 Å². The Morgan fingerprint density at radius 3 is 1.57 bits per heavy atom. The zero-order valence-electron chi connectivity index (χ0n) is 14.6. The molecular weight excluding hydrogens is 444 g/mol. The monoisotopic (exact) mass is 456 g/mol. The van der Waals surface area contributed by atoms with Crippen molar-refractivity contribution in [3.05, 3.63) is 47.5 Å². The molecule has 0 atom stereocenters. The predicted molar refractivity (Wildman–Crippen MR) is 83.2 cm³/mol. The first-order chi connectivity index (χ1) is 13.5. The van der Waals surface area contributed by atoms with E-state index in [1.165, 1.54) is 18.2 Å². The maximum atomic E-state index is 14.0. The summed E-state index contributed by atoms with van der Waals surface area (Å²) < 4.78 is 158. The van der Waals surface area contributed by atoms with E-state index >= 15 is 0 Å². The fourth-order valence-electron chi connectivity index (χ4n) is 2.77. The van der Waals surface area contributed by atoms with Crippen LogP contribution in [0.1, 0.15) is 11.1 Å². The molecule has 0 fully saturated rings. The first kappa shape index (κ1) is 24.1. The average molecular weight is 456 g/mol. The van der Waals surface area contributed by atoms with Crippen LogP contribution >= 0.6 is 0 Å². The van der Waals surface area contributed by atoms with E-state index in [-0.39, 0.29) is 10.8 Å². The Kier molecular flexibility index (Phi) is 6.31. The van der Waals surface area contributed by atoms with Crippen LogP contribution in [0.3, 0.4) is 0 Å². The van der Waals surface area contributed by atoms with Gasteiger partial charge in [0.1, 0.15) is 0 Å². The van der Waals surface area contributed by atoms with Gasteiger partial charge in [-0.1, -0.05) is 36.4 Å². The van der Waals surface area contributed by atoms with Gasteiger partial charge in [0.05, 0.1) is 0 Å². The van der Waals surface area contributed by atoms with Gasteiger partial charge in [0, 0.05) is 12.8 Å². The molecule has 2 aromatic rings. The molecule has 0 aliphatic heterocycles. The lowest BCUT2D eigenvalue weighted by atomic mass is 9.89. The summed E-state index contributed by atoms with van der Waals surface area (Å²) in [6.07, 6.45) is -14.0. The third-order valence-corrected chi connectivity index (χ3v) is 4.47. The maximum absolute atomic E-state index is 14.0. The first-order valence-corrected chi connectivity index (χ1v) is 8.11. The number of alkyl halides is 12. The van der Waals surface area contributed by atoms with Crippen LogP contribution in [0.25, 0.3) is 10.8 Å². The van der Waals surface area contributed by atoms with Crippen LogP contribution in [0.2, 0.25) is 0 Å². The number of hydrogen-bond acceptors (Lipinski definition) is 0. The van der Waals surface area contributed by atoms with Crippen molar-refractivity contribution in [1.29, 1.82) is 0 Å². The van der Waals surface area contributed by atoms with Crippen LogP contribution in [-0.2, 0) is 12.8 Å². The van der Waals surface area contributed by atoms with Crippen molar-refractivity contribution in [2.45, 2.75) is 49.4 Å². The van der Waals surface area contributed by atoms with Crippen LogP contribution in [-0.4, -0.2) is 36.5 Å². The third kappa shape index (κ3) is 4.18. The molecular formula is C18H12F12. The Labute approximate surface area is 161 Å². The third-order valence-electron chi connectivity index (χ3n) is 4.47. The van der Waals surface area contributed by atoms with E-state index in [9.17, 15) is 52.7 Å². The molecule has 0 aromatic heterocycles. The van der Waals surface area contributed by atoms with E-state index in [4.69, 9.17) is 0 Å². The van der Waals surface area contributed by atoms with Gasteiger partial charge in [-0.2, -0.15) is 35.1 Å². The molecule has 0 bridgehead atoms. The van der Waals surface area contributed by atoms with Crippen molar-refractivity contribution in [3.8, 4) is 0 Å². The minimum Gasteiger partial charge on any atom is -0.203 e. The summed E-state index contributed by atoms with van der Waals surface area (Å²) in [5.74, 6) is -22.6. The minimum atomic E-state index is -5.86. The molecule has 0 heterocycles. The molecule has 0 radical (unpaired) electrons. The highest BCUT2D eigenvalue weighted by atomic mass is 19.4. The summed E-state index contributed by atoms with van der Waals surface area (Å²) in [4.78, 5) is 0. The lowest BCUT2D eigenvalue weighted by molar-refractivity contribution is -0.264. The van der Waals surface area contributed by atoms with E-state index in [2.05, 4.69) is 0 Å². The quantitative estimate of drug-likeness (QED) is 0.376. The smallest absolute Gasteiger partial charge is 0.203 e. The van der Waals surface area contributed by atoms with E-state index < -0.39 is 60.5 Å². The Morgan fingerprint density at radius 1 is 0.600 bits per heavy atom. The van der Waals surface area contributed by atoms with Crippen molar-refractivity contribution in [3.63, 3.8) is 0 Å². The normalized spacial score (nSPS) is 14.2. The van der Waals surface area contributed by atoms with E-state index in [1.54, 1.807) is 0 Å². The van der Waals surface area contributed by atoms with Crippen molar-refractivity contribution in [1.82, 2.24) is 0 Å². The van der Waals surface area contributed by atoms with Crippen LogP contribution in [0.15, 0.2) is 36.4 Å². The van der Waals surface area contributed by atoms with E-state index in [0.29, 0.717) is 6.07 Å². The molecule has 30 heavy (non-hydrogen) atoms. The fourth-order valence-corrected chi connectivity index (χ4v) is 2.77. The molecule has 0 N–H and O–H groups in total. The molecule has 0 saturated carbocycles. The minimum absolute atomic E-state index is 0.0244. The molecule has 12 heteroatoms. The van der Waals surface area contributed by atoms with Crippen LogP contribution in [0.5, 0.6) is 0 Å². The summed E-state index contributed by atoms with van der Waals surface area (Å²) in [7, 11) is 0. The molecule has 2 aromatic carbocycles. The lowest BCUT2D eigenvalue weighted by Crippen LogP contribution is -2.49.